The van der Waals surface area contributed by atoms with Gasteiger partial charge in [0.05, 0.1) is 11.4 Å². The molecule has 0 fully saturated rings. The fourth-order valence-electron chi connectivity index (χ4n) is 2.52. The van der Waals surface area contributed by atoms with Crippen LogP contribution < -0.4 is 10.6 Å². The molecule has 0 radical (unpaired) electrons. The van der Waals surface area contributed by atoms with E-state index in [1.807, 2.05) is 37.4 Å². The lowest BCUT2D eigenvalue weighted by Crippen LogP contribution is -2.24. The van der Waals surface area contributed by atoms with Gasteiger partial charge in [-0.1, -0.05) is 32.8 Å². The molecule has 0 aliphatic heterocycles. The third kappa shape index (κ3) is 4.55. The highest BCUT2D eigenvalue weighted by Crippen LogP contribution is 2.28. The molecule has 2 N–H and O–H groups in total. The number of hydrogen-bond acceptors (Lipinski definition) is 4. The number of nitrogen functional groups attached to an aromatic ring is 1. The minimum absolute atomic E-state index is 0.677. The molecule has 2 rings (SSSR count). The first-order valence-corrected chi connectivity index (χ1v) is 8.23. The number of allylic oxidation sites excluding steroid dienone is 1. The Labute approximate surface area is 139 Å². The number of nitrogens with two attached hydrogens (primary N) is 1. The third-order valence-corrected chi connectivity index (χ3v) is 3.81. The molecule has 2 aromatic rings. The van der Waals surface area contributed by atoms with Crippen LogP contribution in [0.5, 0.6) is 0 Å². The molecule has 0 atom stereocenters. The molecule has 4 heteroatoms. The fourth-order valence-corrected chi connectivity index (χ4v) is 2.52. The summed E-state index contributed by atoms with van der Waals surface area (Å²) in [6, 6.07) is 7.76. The molecule has 122 valence electrons. The van der Waals surface area contributed by atoms with Crippen molar-refractivity contribution in [3.05, 3.63) is 48.9 Å². The molecule has 0 aliphatic carbocycles. The van der Waals surface area contributed by atoms with Crippen LogP contribution in [0, 0.1) is 0 Å². The maximum atomic E-state index is 6.18. The van der Waals surface area contributed by atoms with Crippen LogP contribution in [0.4, 0.5) is 11.5 Å². The van der Waals surface area contributed by atoms with Crippen molar-refractivity contribution in [3.63, 3.8) is 0 Å². The van der Waals surface area contributed by atoms with Crippen LogP contribution >= 0.6 is 0 Å². The van der Waals surface area contributed by atoms with Crippen LogP contribution in [0.3, 0.4) is 0 Å². The minimum atomic E-state index is 0.677. The van der Waals surface area contributed by atoms with E-state index in [1.54, 1.807) is 6.20 Å². The van der Waals surface area contributed by atoms with E-state index in [-0.39, 0.29) is 0 Å². The van der Waals surface area contributed by atoms with Crippen molar-refractivity contribution in [2.24, 2.45) is 0 Å². The molecule has 0 saturated heterocycles. The second-order valence-corrected chi connectivity index (χ2v) is 5.80. The molecular weight excluding hydrogens is 284 g/mol. The summed E-state index contributed by atoms with van der Waals surface area (Å²) in [5.41, 5.74) is 9.68. The molecule has 0 aromatic carbocycles. The van der Waals surface area contributed by atoms with E-state index in [1.165, 1.54) is 19.3 Å². The topological polar surface area (TPSA) is 55.0 Å². The Hall–Kier alpha value is -2.36. The molecule has 0 aliphatic rings. The van der Waals surface area contributed by atoms with Crippen molar-refractivity contribution in [1.82, 2.24) is 9.97 Å². The predicted molar refractivity (Wildman–Crippen MR) is 98.2 cm³/mol. The molecule has 0 unspecified atom stereocenters. The SMILES string of the molecule is C=C(C)N(CCCCCC)c1nc(-c2cccnc2)ccc1N. The Morgan fingerprint density at radius 3 is 2.70 bits per heavy atom. The Balaban J connectivity index is 2.26. The molecule has 4 nitrogen and oxygen atoms in total. The van der Waals surface area contributed by atoms with Crippen molar-refractivity contribution in [2.45, 2.75) is 39.5 Å². The van der Waals surface area contributed by atoms with Crippen molar-refractivity contribution < 1.29 is 0 Å². The van der Waals surface area contributed by atoms with E-state index >= 15 is 0 Å². The van der Waals surface area contributed by atoms with E-state index in [9.17, 15) is 0 Å². The molecular formula is C19H26N4. The zero-order valence-corrected chi connectivity index (χ0v) is 14.1. The van der Waals surface area contributed by atoms with Crippen molar-refractivity contribution in [2.75, 3.05) is 17.2 Å². The lowest BCUT2D eigenvalue weighted by molar-refractivity contribution is 0.660. The number of unbranched alkanes of at least 4 members (excludes halogenated alkanes) is 3. The van der Waals surface area contributed by atoms with E-state index in [2.05, 4.69) is 23.4 Å². The zero-order valence-electron chi connectivity index (χ0n) is 14.1. The zero-order chi connectivity index (χ0) is 16.7. The minimum Gasteiger partial charge on any atom is -0.396 e. The van der Waals surface area contributed by atoms with Gasteiger partial charge in [0.1, 0.15) is 0 Å². The van der Waals surface area contributed by atoms with Gasteiger partial charge in [0, 0.05) is 30.2 Å². The predicted octanol–water partition coefficient (Wildman–Crippen LogP) is 4.65. The molecule has 0 saturated carbocycles. The Bertz CT molecular complexity index is 637. The second-order valence-electron chi connectivity index (χ2n) is 5.80. The van der Waals surface area contributed by atoms with Gasteiger partial charge in [-0.25, -0.2) is 4.98 Å². The van der Waals surface area contributed by atoms with Gasteiger partial charge in [0.2, 0.25) is 0 Å². The number of anilines is 2. The summed E-state index contributed by atoms with van der Waals surface area (Å²) >= 11 is 0. The quantitative estimate of drug-likeness (QED) is 0.721. The van der Waals surface area contributed by atoms with Gasteiger partial charge in [0.25, 0.3) is 0 Å². The molecule has 0 spiro atoms. The maximum absolute atomic E-state index is 6.18. The van der Waals surface area contributed by atoms with Crippen LogP contribution in [0.15, 0.2) is 48.9 Å². The van der Waals surface area contributed by atoms with E-state index in [0.29, 0.717) is 5.69 Å². The maximum Gasteiger partial charge on any atom is 0.156 e. The first-order chi connectivity index (χ1) is 11.1. The van der Waals surface area contributed by atoms with E-state index in [4.69, 9.17) is 10.7 Å². The van der Waals surface area contributed by atoms with E-state index in [0.717, 1.165) is 35.7 Å². The molecule has 2 heterocycles. The largest absolute Gasteiger partial charge is 0.396 e. The smallest absolute Gasteiger partial charge is 0.156 e. The summed E-state index contributed by atoms with van der Waals surface area (Å²) in [4.78, 5) is 11.0. The van der Waals surface area contributed by atoms with Crippen molar-refractivity contribution in [1.29, 1.82) is 0 Å². The number of hydrogen-bond donors (Lipinski definition) is 1. The number of nitrogens with zero attached hydrogens (tertiary/aromatic N) is 3. The van der Waals surface area contributed by atoms with Crippen LogP contribution in [-0.4, -0.2) is 16.5 Å². The van der Waals surface area contributed by atoms with Crippen molar-refractivity contribution >= 4 is 11.5 Å². The second kappa shape index (κ2) is 8.32. The summed E-state index contributed by atoms with van der Waals surface area (Å²) < 4.78 is 0. The van der Waals surface area contributed by atoms with E-state index < -0.39 is 0 Å². The Morgan fingerprint density at radius 2 is 2.04 bits per heavy atom. The van der Waals surface area contributed by atoms with Crippen LogP contribution in [0.1, 0.15) is 39.5 Å². The molecule has 0 amide bonds. The molecule has 2 aromatic heterocycles. The normalized spacial score (nSPS) is 10.5. The summed E-state index contributed by atoms with van der Waals surface area (Å²) in [5.74, 6) is 0.787. The van der Waals surface area contributed by atoms with Gasteiger partial charge >= 0.3 is 0 Å². The first kappa shape index (κ1) is 17.0. The van der Waals surface area contributed by atoms with Gasteiger partial charge in [-0.05, 0) is 37.6 Å². The molecule has 0 bridgehead atoms. The van der Waals surface area contributed by atoms with Crippen molar-refractivity contribution in [3.8, 4) is 11.3 Å². The summed E-state index contributed by atoms with van der Waals surface area (Å²) in [6.07, 6.45) is 8.37. The Kier molecular flexibility index (Phi) is 6.15. The highest BCUT2D eigenvalue weighted by atomic mass is 15.2. The first-order valence-electron chi connectivity index (χ1n) is 8.23. The van der Waals surface area contributed by atoms with Gasteiger partial charge in [-0.2, -0.15) is 0 Å². The third-order valence-electron chi connectivity index (χ3n) is 3.81. The van der Waals surface area contributed by atoms with Gasteiger partial charge in [0.15, 0.2) is 5.82 Å². The average Bonchev–Trinajstić information content (AvgIpc) is 2.56. The highest BCUT2D eigenvalue weighted by Gasteiger charge is 2.13. The Morgan fingerprint density at radius 1 is 1.22 bits per heavy atom. The summed E-state index contributed by atoms with van der Waals surface area (Å²) in [5, 5.41) is 0. The van der Waals surface area contributed by atoms with Gasteiger partial charge < -0.3 is 10.6 Å². The average molecular weight is 310 g/mol. The summed E-state index contributed by atoms with van der Waals surface area (Å²) in [7, 11) is 0. The molecule has 23 heavy (non-hydrogen) atoms. The highest BCUT2D eigenvalue weighted by molar-refractivity contribution is 5.71. The van der Waals surface area contributed by atoms with Gasteiger partial charge in [-0.15, -0.1) is 0 Å². The lowest BCUT2D eigenvalue weighted by atomic mass is 10.1. The summed E-state index contributed by atoms with van der Waals surface area (Å²) in [6.45, 7) is 9.20. The number of aromatic nitrogens is 2. The van der Waals surface area contributed by atoms with Gasteiger partial charge in [-0.3, -0.25) is 4.98 Å². The number of pyridine rings is 2. The standard InChI is InChI=1S/C19H26N4/c1-4-5-6-7-13-23(15(2)3)19-17(20)10-11-18(22-19)16-9-8-12-21-14-16/h8-12,14H,2,4-7,13,20H2,1,3H3. The lowest BCUT2D eigenvalue weighted by Gasteiger charge is -2.25. The van der Waals surface area contributed by atoms with Crippen LogP contribution in [-0.2, 0) is 0 Å². The van der Waals surface area contributed by atoms with Crippen LogP contribution in [0.25, 0.3) is 11.3 Å². The fraction of sp³-hybridized carbons (Fsp3) is 0.368. The van der Waals surface area contributed by atoms with Crippen LogP contribution in [0.2, 0.25) is 0 Å². The number of rotatable bonds is 8. The monoisotopic (exact) mass is 310 g/mol.